The Bertz CT molecular complexity index is 848. The summed E-state index contributed by atoms with van der Waals surface area (Å²) in [5, 5.41) is 0. The zero-order chi connectivity index (χ0) is 23.2. The number of carbonyl (C=O) groups excluding carboxylic acids is 1. The highest BCUT2D eigenvalue weighted by atomic mass is 19.1. The minimum Gasteiger partial charge on any atom is -0.369 e. The maximum absolute atomic E-state index is 14.5. The van der Waals surface area contributed by atoms with E-state index < -0.39 is 6.17 Å². The van der Waals surface area contributed by atoms with Gasteiger partial charge in [0.2, 0.25) is 0 Å². The second-order valence-electron chi connectivity index (χ2n) is 11.0. The molecule has 0 radical (unpaired) electrons. The number of amides is 2. The predicted octanol–water partition coefficient (Wildman–Crippen LogP) is 4.38. The van der Waals surface area contributed by atoms with E-state index in [1.165, 1.54) is 6.07 Å². The number of rotatable bonds is 2. The number of likely N-dealkylation sites (tertiary alicyclic amines) is 2. The molecule has 5 nitrogen and oxygen atoms in total. The van der Waals surface area contributed by atoms with Crippen molar-refractivity contribution in [3.8, 4) is 0 Å². The van der Waals surface area contributed by atoms with Gasteiger partial charge in [-0.1, -0.05) is 12.1 Å². The first kappa shape index (κ1) is 22.9. The standard InChI is InChI=1S/C26H38F2N4O/c1-29(2)25(33)32-18-26(21-17-19(27)7-8-23(21)32)11-15-30(16-12-26)20-9-13-31(14-10-20)24-6-4-3-5-22(24)28/h3-6,19-21,23H,7-18H2,1-2H3/t19?,21?,23-/m0/s1. The van der Waals surface area contributed by atoms with Gasteiger partial charge in [-0.2, -0.15) is 0 Å². The van der Waals surface area contributed by atoms with E-state index >= 15 is 0 Å². The van der Waals surface area contributed by atoms with Gasteiger partial charge in [-0.15, -0.1) is 0 Å². The first-order valence-corrected chi connectivity index (χ1v) is 12.7. The van der Waals surface area contributed by atoms with Crippen molar-refractivity contribution in [3.63, 3.8) is 0 Å². The van der Waals surface area contributed by atoms with E-state index in [9.17, 15) is 13.6 Å². The Kier molecular flexibility index (Phi) is 6.27. The van der Waals surface area contributed by atoms with E-state index in [-0.39, 0.29) is 29.2 Å². The van der Waals surface area contributed by atoms with E-state index in [0.717, 1.165) is 64.8 Å². The molecule has 2 amide bonds. The minimum atomic E-state index is -0.724. The molecule has 1 aromatic rings. The van der Waals surface area contributed by atoms with E-state index in [2.05, 4.69) is 14.7 Å². The molecule has 1 aliphatic carbocycles. The average Bonchev–Trinajstić information content (AvgIpc) is 3.12. The van der Waals surface area contributed by atoms with Gasteiger partial charge < -0.3 is 19.6 Å². The van der Waals surface area contributed by atoms with Gasteiger partial charge in [-0.3, -0.25) is 0 Å². The molecule has 3 aliphatic heterocycles. The maximum atomic E-state index is 14.5. The number of carbonyl (C=O) groups is 1. The molecule has 1 aromatic carbocycles. The van der Waals surface area contributed by atoms with Crippen LogP contribution in [-0.2, 0) is 0 Å². The van der Waals surface area contributed by atoms with Gasteiger partial charge in [0.05, 0.1) is 5.69 Å². The third-order valence-corrected chi connectivity index (χ3v) is 9.02. The largest absolute Gasteiger partial charge is 0.369 e. The molecule has 4 fully saturated rings. The van der Waals surface area contributed by atoms with Gasteiger partial charge >= 0.3 is 6.03 Å². The van der Waals surface area contributed by atoms with Crippen molar-refractivity contribution < 1.29 is 13.6 Å². The number of benzene rings is 1. The molecule has 2 unspecified atom stereocenters. The van der Waals surface area contributed by atoms with Crippen molar-refractivity contribution in [1.82, 2.24) is 14.7 Å². The number of halogens is 2. The van der Waals surface area contributed by atoms with Crippen molar-refractivity contribution in [2.24, 2.45) is 11.3 Å². The number of urea groups is 1. The summed E-state index contributed by atoms with van der Waals surface area (Å²) in [6.07, 6.45) is 5.46. The lowest BCUT2D eigenvalue weighted by molar-refractivity contribution is 0.0224. The van der Waals surface area contributed by atoms with Gasteiger partial charge in [0.15, 0.2) is 0 Å². The fraction of sp³-hybridized carbons (Fsp3) is 0.731. The number of anilines is 1. The first-order valence-electron chi connectivity index (χ1n) is 12.7. The second kappa shape index (κ2) is 9.05. The number of nitrogens with zero attached hydrogens (tertiary/aromatic N) is 4. The normalized spacial score (nSPS) is 30.5. The predicted molar refractivity (Wildman–Crippen MR) is 127 cm³/mol. The molecule has 3 saturated heterocycles. The van der Waals surface area contributed by atoms with Gasteiger partial charge in [-0.05, 0) is 81.5 Å². The van der Waals surface area contributed by atoms with Crippen LogP contribution < -0.4 is 4.90 Å². The van der Waals surface area contributed by atoms with Gasteiger partial charge in [0, 0.05) is 45.8 Å². The third kappa shape index (κ3) is 4.22. The molecule has 182 valence electrons. The number of hydrogen-bond acceptors (Lipinski definition) is 3. The van der Waals surface area contributed by atoms with Crippen LogP contribution in [0, 0.1) is 17.2 Å². The quantitative estimate of drug-likeness (QED) is 0.656. The van der Waals surface area contributed by atoms with Gasteiger partial charge in [0.25, 0.3) is 0 Å². The molecule has 1 spiro atoms. The lowest BCUT2D eigenvalue weighted by Gasteiger charge is -2.48. The minimum absolute atomic E-state index is 0.0610. The summed E-state index contributed by atoms with van der Waals surface area (Å²) in [6.45, 7) is 4.59. The Morgan fingerprint density at radius 1 is 1.03 bits per heavy atom. The molecular formula is C26H38F2N4O. The van der Waals surface area contributed by atoms with E-state index in [1.807, 2.05) is 26.2 Å². The highest BCUT2D eigenvalue weighted by Gasteiger charge is 2.56. The summed E-state index contributed by atoms with van der Waals surface area (Å²) >= 11 is 0. The molecule has 3 heterocycles. The smallest absolute Gasteiger partial charge is 0.319 e. The SMILES string of the molecule is CN(C)C(=O)N1CC2(CCN(C3CCN(c4ccccc4F)CC3)CC2)C2CC(F)CC[C@@H]21. The Hall–Kier alpha value is -1.89. The van der Waals surface area contributed by atoms with Crippen LogP contribution in [0.5, 0.6) is 0 Å². The summed E-state index contributed by atoms with van der Waals surface area (Å²) in [5.41, 5.74) is 0.778. The average molecular weight is 461 g/mol. The Labute approximate surface area is 196 Å². The number of fused-ring (bicyclic) bond motifs is 2. The van der Waals surface area contributed by atoms with Crippen molar-refractivity contribution in [3.05, 3.63) is 30.1 Å². The van der Waals surface area contributed by atoms with Crippen LogP contribution in [-0.4, -0.2) is 85.8 Å². The van der Waals surface area contributed by atoms with E-state index in [1.54, 1.807) is 11.0 Å². The first-order chi connectivity index (χ1) is 15.9. The molecule has 7 heteroatoms. The van der Waals surface area contributed by atoms with Crippen LogP contribution in [0.1, 0.15) is 44.9 Å². The molecule has 4 aliphatic rings. The second-order valence-corrected chi connectivity index (χ2v) is 11.0. The third-order valence-electron chi connectivity index (χ3n) is 9.02. The summed E-state index contributed by atoms with van der Waals surface area (Å²) in [4.78, 5) is 21.4. The van der Waals surface area contributed by atoms with Crippen molar-refractivity contribution >= 4 is 11.7 Å². The lowest BCUT2D eigenvalue weighted by Crippen LogP contribution is -2.52. The van der Waals surface area contributed by atoms with Crippen molar-refractivity contribution in [1.29, 1.82) is 0 Å². The molecular weight excluding hydrogens is 422 g/mol. The number of hydrogen-bond donors (Lipinski definition) is 0. The zero-order valence-corrected chi connectivity index (χ0v) is 20.1. The highest BCUT2D eigenvalue weighted by molar-refractivity contribution is 5.74. The summed E-state index contributed by atoms with van der Waals surface area (Å²) < 4.78 is 28.7. The molecule has 0 N–H and O–H groups in total. The number of para-hydroxylation sites is 1. The van der Waals surface area contributed by atoms with E-state index in [0.29, 0.717) is 24.6 Å². The number of piperidine rings is 2. The maximum Gasteiger partial charge on any atom is 0.319 e. The van der Waals surface area contributed by atoms with E-state index in [4.69, 9.17) is 0 Å². The monoisotopic (exact) mass is 460 g/mol. The Morgan fingerprint density at radius 3 is 2.39 bits per heavy atom. The highest BCUT2D eigenvalue weighted by Crippen LogP contribution is 2.53. The Morgan fingerprint density at radius 2 is 1.73 bits per heavy atom. The van der Waals surface area contributed by atoms with Gasteiger partial charge in [0.1, 0.15) is 12.0 Å². The fourth-order valence-corrected chi connectivity index (χ4v) is 7.22. The molecule has 33 heavy (non-hydrogen) atoms. The molecule has 5 rings (SSSR count). The van der Waals surface area contributed by atoms with Crippen LogP contribution in [0.2, 0.25) is 0 Å². The van der Waals surface area contributed by atoms with Gasteiger partial charge in [-0.25, -0.2) is 13.6 Å². The van der Waals surface area contributed by atoms with Crippen LogP contribution in [0.15, 0.2) is 24.3 Å². The zero-order valence-electron chi connectivity index (χ0n) is 20.1. The van der Waals surface area contributed by atoms with Crippen LogP contribution in [0.4, 0.5) is 19.3 Å². The molecule has 1 saturated carbocycles. The molecule has 0 aromatic heterocycles. The fourth-order valence-electron chi connectivity index (χ4n) is 7.22. The summed E-state index contributed by atoms with van der Waals surface area (Å²) in [5.74, 6) is 0.150. The molecule has 3 atom stereocenters. The molecule has 0 bridgehead atoms. The van der Waals surface area contributed by atoms with Crippen LogP contribution in [0.25, 0.3) is 0 Å². The summed E-state index contributed by atoms with van der Waals surface area (Å²) in [7, 11) is 3.64. The lowest BCUT2D eigenvalue weighted by atomic mass is 9.64. The topological polar surface area (TPSA) is 30.0 Å². The number of alkyl halides is 1. The van der Waals surface area contributed by atoms with Crippen molar-refractivity contribution in [2.45, 2.75) is 63.2 Å². The summed E-state index contributed by atoms with van der Waals surface area (Å²) in [6, 6.07) is 7.87. The van der Waals surface area contributed by atoms with Crippen molar-refractivity contribution in [2.75, 3.05) is 51.7 Å². The van der Waals surface area contributed by atoms with Crippen LogP contribution in [0.3, 0.4) is 0 Å². The van der Waals surface area contributed by atoms with Crippen LogP contribution >= 0.6 is 0 Å². The Balaban J connectivity index is 1.22.